The molecule has 2 rings (SSSR count). The summed E-state index contributed by atoms with van der Waals surface area (Å²) in [5, 5.41) is 32.9. The molecule has 1 aromatic carbocycles. The number of rotatable bonds is 5. The van der Waals surface area contributed by atoms with Crippen LogP contribution in [-0.2, 0) is 11.2 Å². The highest BCUT2D eigenvalue weighted by Crippen LogP contribution is 2.41. The van der Waals surface area contributed by atoms with E-state index in [4.69, 9.17) is 0 Å². The highest BCUT2D eigenvalue weighted by molar-refractivity contribution is 5.85. The van der Waals surface area contributed by atoms with Gasteiger partial charge in [-0.2, -0.15) is 0 Å². The van der Waals surface area contributed by atoms with Crippen LogP contribution in [0.4, 0.5) is 0 Å². The summed E-state index contributed by atoms with van der Waals surface area (Å²) < 4.78 is 0. The van der Waals surface area contributed by atoms with Gasteiger partial charge in [0.25, 0.3) is 5.91 Å². The van der Waals surface area contributed by atoms with E-state index < -0.39 is 5.60 Å². The molecule has 24 heavy (non-hydrogen) atoms. The van der Waals surface area contributed by atoms with E-state index in [2.05, 4.69) is 12.2 Å². The molecule has 134 valence electrons. The minimum Gasteiger partial charge on any atom is -0.508 e. The Balaban J connectivity index is 1.99. The fraction of sp³-hybridized carbons (Fsp3) is 0.632. The molecule has 1 aromatic rings. The average molecular weight is 335 g/mol. The van der Waals surface area contributed by atoms with Crippen LogP contribution in [0.5, 0.6) is 11.5 Å². The van der Waals surface area contributed by atoms with Crippen LogP contribution in [0.15, 0.2) is 18.2 Å². The Bertz CT molecular complexity index is 587. The van der Waals surface area contributed by atoms with Gasteiger partial charge >= 0.3 is 0 Å². The SMILES string of the molecule is CC(C)[C@@H]1CC[C@@H](C)C[C@@]1(O)C(=O)NCCc1ccc(O)cc1O. The average Bonchev–Trinajstić information content (AvgIpc) is 2.48. The van der Waals surface area contributed by atoms with Gasteiger partial charge in [-0.1, -0.05) is 33.3 Å². The summed E-state index contributed by atoms with van der Waals surface area (Å²) in [6.07, 6.45) is 2.84. The van der Waals surface area contributed by atoms with Crippen molar-refractivity contribution in [2.45, 2.75) is 52.1 Å². The number of aliphatic hydroxyl groups is 1. The van der Waals surface area contributed by atoms with Crippen LogP contribution in [0, 0.1) is 17.8 Å². The van der Waals surface area contributed by atoms with E-state index in [1.807, 2.05) is 13.8 Å². The first-order valence-corrected chi connectivity index (χ1v) is 8.75. The first-order chi connectivity index (χ1) is 11.2. The van der Waals surface area contributed by atoms with Crippen LogP contribution in [0.3, 0.4) is 0 Å². The second kappa shape index (κ2) is 7.43. The van der Waals surface area contributed by atoms with Crippen LogP contribution >= 0.6 is 0 Å². The number of hydrogen-bond acceptors (Lipinski definition) is 4. The number of nitrogens with one attached hydrogen (secondary N) is 1. The third-order valence-electron chi connectivity index (χ3n) is 5.19. The van der Waals surface area contributed by atoms with E-state index >= 15 is 0 Å². The van der Waals surface area contributed by atoms with Gasteiger partial charge in [-0.25, -0.2) is 0 Å². The maximum absolute atomic E-state index is 12.6. The lowest BCUT2D eigenvalue weighted by Crippen LogP contribution is -2.56. The molecule has 0 spiro atoms. The zero-order valence-corrected chi connectivity index (χ0v) is 14.7. The standard InChI is InChI=1S/C19H29NO4/c1-12(2)16-7-4-13(3)11-19(16,24)18(23)20-9-8-14-5-6-15(21)10-17(14)22/h5-6,10,12-13,16,21-22,24H,4,7-9,11H2,1-3H3,(H,20,23)/t13-,16+,19+/m1/s1. The number of phenolic OH excluding ortho intramolecular Hbond substituents is 2. The second-order valence-corrected chi connectivity index (χ2v) is 7.48. The summed E-state index contributed by atoms with van der Waals surface area (Å²) in [5.74, 6) is 0.243. The number of carbonyl (C=O) groups is 1. The molecule has 0 heterocycles. The maximum Gasteiger partial charge on any atom is 0.252 e. The molecule has 1 aliphatic rings. The Labute approximate surface area is 143 Å². The predicted octanol–water partition coefficient (Wildman–Crippen LogP) is 2.58. The molecule has 1 saturated carbocycles. The third kappa shape index (κ3) is 4.01. The number of hydrogen-bond donors (Lipinski definition) is 4. The van der Waals surface area contributed by atoms with Crippen LogP contribution in [-0.4, -0.2) is 33.4 Å². The molecule has 0 bridgehead atoms. The van der Waals surface area contributed by atoms with Crippen molar-refractivity contribution in [3.05, 3.63) is 23.8 Å². The fourth-order valence-electron chi connectivity index (χ4n) is 3.86. The smallest absolute Gasteiger partial charge is 0.252 e. The molecule has 5 heteroatoms. The van der Waals surface area contributed by atoms with Crippen molar-refractivity contribution in [3.8, 4) is 11.5 Å². The number of amides is 1. The molecule has 1 amide bonds. The van der Waals surface area contributed by atoms with E-state index in [0.717, 1.165) is 12.8 Å². The van der Waals surface area contributed by atoms with Crippen molar-refractivity contribution >= 4 is 5.91 Å². The van der Waals surface area contributed by atoms with Crippen molar-refractivity contribution in [2.24, 2.45) is 17.8 Å². The molecule has 0 radical (unpaired) electrons. The first kappa shape index (κ1) is 18.6. The second-order valence-electron chi connectivity index (χ2n) is 7.48. The molecule has 0 saturated heterocycles. The normalized spacial score (nSPS) is 27.2. The zero-order valence-electron chi connectivity index (χ0n) is 14.7. The molecule has 3 atom stereocenters. The Hall–Kier alpha value is -1.75. The van der Waals surface area contributed by atoms with Gasteiger partial charge in [0.1, 0.15) is 17.1 Å². The van der Waals surface area contributed by atoms with Gasteiger partial charge in [-0.15, -0.1) is 0 Å². The lowest BCUT2D eigenvalue weighted by atomic mass is 9.66. The van der Waals surface area contributed by atoms with Gasteiger partial charge in [0, 0.05) is 12.6 Å². The summed E-state index contributed by atoms with van der Waals surface area (Å²) in [6.45, 7) is 6.50. The van der Waals surface area contributed by atoms with Crippen LogP contribution in [0.25, 0.3) is 0 Å². The fourth-order valence-corrected chi connectivity index (χ4v) is 3.86. The molecule has 0 unspecified atom stereocenters. The largest absolute Gasteiger partial charge is 0.508 e. The number of aromatic hydroxyl groups is 2. The summed E-state index contributed by atoms with van der Waals surface area (Å²) in [6, 6.07) is 4.41. The molecule has 4 N–H and O–H groups in total. The van der Waals surface area contributed by atoms with Gasteiger partial charge in [0.15, 0.2) is 0 Å². The molecular weight excluding hydrogens is 306 g/mol. The highest BCUT2D eigenvalue weighted by atomic mass is 16.3. The lowest BCUT2D eigenvalue weighted by molar-refractivity contribution is -0.155. The minimum atomic E-state index is -1.32. The van der Waals surface area contributed by atoms with E-state index in [1.54, 1.807) is 6.07 Å². The Kier molecular flexibility index (Phi) is 5.75. The van der Waals surface area contributed by atoms with Crippen molar-refractivity contribution in [3.63, 3.8) is 0 Å². The third-order valence-corrected chi connectivity index (χ3v) is 5.19. The molecule has 1 fully saturated rings. The van der Waals surface area contributed by atoms with Gasteiger partial charge in [0.05, 0.1) is 0 Å². The highest BCUT2D eigenvalue weighted by Gasteiger charge is 2.48. The Morgan fingerprint density at radius 2 is 2.04 bits per heavy atom. The van der Waals surface area contributed by atoms with Crippen molar-refractivity contribution < 1.29 is 20.1 Å². The molecule has 5 nitrogen and oxygen atoms in total. The lowest BCUT2D eigenvalue weighted by Gasteiger charge is -2.43. The van der Waals surface area contributed by atoms with E-state index in [9.17, 15) is 20.1 Å². The number of phenols is 2. The quantitative estimate of drug-likeness (QED) is 0.666. The van der Waals surface area contributed by atoms with Gasteiger partial charge < -0.3 is 20.6 Å². The minimum absolute atomic E-state index is 0.00515. The summed E-state index contributed by atoms with van der Waals surface area (Å²) in [7, 11) is 0. The molecular formula is C19H29NO4. The number of carbonyl (C=O) groups excluding carboxylic acids is 1. The summed E-state index contributed by atoms with van der Waals surface area (Å²) in [4.78, 5) is 12.6. The summed E-state index contributed by atoms with van der Waals surface area (Å²) >= 11 is 0. The van der Waals surface area contributed by atoms with Crippen molar-refractivity contribution in [1.82, 2.24) is 5.32 Å². The van der Waals surface area contributed by atoms with Gasteiger partial charge in [-0.05, 0) is 48.6 Å². The molecule has 1 aliphatic carbocycles. The molecule has 0 aromatic heterocycles. The van der Waals surface area contributed by atoms with E-state index in [0.29, 0.717) is 30.9 Å². The van der Waals surface area contributed by atoms with Gasteiger partial charge in [0.2, 0.25) is 0 Å². The first-order valence-electron chi connectivity index (χ1n) is 8.75. The Morgan fingerprint density at radius 1 is 1.33 bits per heavy atom. The van der Waals surface area contributed by atoms with E-state index in [1.165, 1.54) is 12.1 Å². The molecule has 0 aliphatic heterocycles. The van der Waals surface area contributed by atoms with Gasteiger partial charge in [-0.3, -0.25) is 4.79 Å². The van der Waals surface area contributed by atoms with Crippen molar-refractivity contribution in [2.75, 3.05) is 6.54 Å². The Morgan fingerprint density at radius 3 is 2.67 bits per heavy atom. The van der Waals surface area contributed by atoms with E-state index in [-0.39, 0.29) is 29.2 Å². The topological polar surface area (TPSA) is 89.8 Å². The van der Waals surface area contributed by atoms with Crippen molar-refractivity contribution in [1.29, 1.82) is 0 Å². The predicted molar refractivity (Wildman–Crippen MR) is 92.8 cm³/mol. The zero-order chi connectivity index (χ0) is 17.9. The van der Waals surface area contributed by atoms with Crippen LogP contribution in [0.2, 0.25) is 0 Å². The van der Waals surface area contributed by atoms with Crippen LogP contribution < -0.4 is 5.32 Å². The maximum atomic E-state index is 12.6. The number of benzene rings is 1. The van der Waals surface area contributed by atoms with Crippen LogP contribution in [0.1, 0.15) is 45.6 Å². The monoisotopic (exact) mass is 335 g/mol. The summed E-state index contributed by atoms with van der Waals surface area (Å²) in [5.41, 5.74) is -0.666.